The fourth-order valence-corrected chi connectivity index (χ4v) is 3.06. The lowest BCUT2D eigenvalue weighted by molar-refractivity contribution is 0.234. The number of halogens is 1. The van der Waals surface area contributed by atoms with Crippen molar-refractivity contribution in [3.8, 4) is 0 Å². The Morgan fingerprint density at radius 1 is 1.40 bits per heavy atom. The van der Waals surface area contributed by atoms with Crippen LogP contribution in [-0.4, -0.2) is 32.9 Å². The second-order valence-electron chi connectivity index (χ2n) is 5.55. The van der Waals surface area contributed by atoms with Crippen molar-refractivity contribution in [2.75, 3.05) is 11.5 Å². The number of hydroxylamine groups is 1. The van der Waals surface area contributed by atoms with Crippen LogP contribution in [0.2, 0.25) is 0 Å². The van der Waals surface area contributed by atoms with Gasteiger partial charge in [0.1, 0.15) is 11.5 Å². The summed E-state index contributed by atoms with van der Waals surface area (Å²) in [5, 5.41) is 17.0. The number of hydrogen-bond acceptors (Lipinski definition) is 7. The molecule has 8 nitrogen and oxygen atoms in total. The van der Waals surface area contributed by atoms with Gasteiger partial charge in [-0.2, -0.15) is 0 Å². The summed E-state index contributed by atoms with van der Waals surface area (Å²) in [7, 11) is -2.08. The summed E-state index contributed by atoms with van der Waals surface area (Å²) in [6.45, 7) is 3.46. The van der Waals surface area contributed by atoms with Crippen LogP contribution >= 0.6 is 0 Å². The van der Waals surface area contributed by atoms with E-state index >= 15 is 0 Å². The van der Waals surface area contributed by atoms with E-state index in [9.17, 15) is 9.60 Å². The Morgan fingerprint density at radius 3 is 2.80 bits per heavy atom. The van der Waals surface area contributed by atoms with Gasteiger partial charge in [-0.3, -0.25) is 20.2 Å². The molecule has 0 atom stereocenters. The quantitative estimate of drug-likeness (QED) is 0.338. The lowest BCUT2D eigenvalue weighted by Gasteiger charge is -2.07. The molecule has 1 aromatic carbocycles. The van der Waals surface area contributed by atoms with E-state index in [1.54, 1.807) is 13.0 Å². The number of benzene rings is 1. The lowest BCUT2D eigenvalue weighted by atomic mass is 10.2. The van der Waals surface area contributed by atoms with Gasteiger partial charge in [0.2, 0.25) is 0 Å². The van der Waals surface area contributed by atoms with Crippen molar-refractivity contribution in [2.24, 2.45) is 4.99 Å². The average Bonchev–Trinajstić information content (AvgIpc) is 3.04. The van der Waals surface area contributed by atoms with Crippen LogP contribution in [-0.2, 0) is 16.0 Å². The van der Waals surface area contributed by atoms with Crippen LogP contribution < -0.4 is 5.48 Å². The molecule has 10 heteroatoms. The maximum Gasteiger partial charge on any atom is 0.181 e. The molecule has 0 aliphatic rings. The Morgan fingerprint density at radius 2 is 2.16 bits per heavy atom. The smallest absolute Gasteiger partial charge is 0.181 e. The first-order valence-corrected chi connectivity index (χ1v) is 9.68. The number of amidine groups is 1. The van der Waals surface area contributed by atoms with Crippen molar-refractivity contribution in [1.82, 2.24) is 15.8 Å². The fraction of sp³-hybridized carbons (Fsp3) is 0.400. The Bertz CT molecular complexity index is 863. The molecule has 1 heterocycles. The number of aromatic nitrogens is 2. The summed E-state index contributed by atoms with van der Waals surface area (Å²) in [5.41, 5.74) is 3.57. The Balaban J connectivity index is 2.20. The van der Waals surface area contributed by atoms with Crippen LogP contribution in [0.3, 0.4) is 0 Å². The summed E-state index contributed by atoms with van der Waals surface area (Å²) < 4.78 is 33.8. The van der Waals surface area contributed by atoms with Gasteiger partial charge < -0.3 is 0 Å². The minimum Gasteiger partial charge on any atom is -0.290 e. The molecule has 2 aromatic rings. The average molecular weight is 368 g/mol. The zero-order chi connectivity index (χ0) is 18.4. The molecule has 0 aliphatic heterocycles. The number of aliphatic imine (C=N–C) groups is 1. The first kappa shape index (κ1) is 19.0. The van der Waals surface area contributed by atoms with E-state index in [1.165, 1.54) is 12.1 Å². The van der Waals surface area contributed by atoms with Crippen LogP contribution in [0.4, 0.5) is 10.1 Å². The number of hydrogen-bond donors (Lipinski definition) is 4. The molecular weight excluding hydrogens is 347 g/mol. The highest BCUT2D eigenvalue weighted by Crippen LogP contribution is 2.18. The second kappa shape index (κ2) is 8.17. The van der Waals surface area contributed by atoms with E-state index in [0.29, 0.717) is 41.3 Å². The maximum atomic E-state index is 13.3. The van der Waals surface area contributed by atoms with E-state index in [2.05, 4.69) is 15.3 Å². The highest BCUT2D eigenvalue weighted by Gasteiger charge is 2.16. The minimum atomic E-state index is -2.08. The van der Waals surface area contributed by atoms with Crippen molar-refractivity contribution in [3.05, 3.63) is 41.0 Å². The largest absolute Gasteiger partial charge is 0.290 e. The summed E-state index contributed by atoms with van der Waals surface area (Å²) >= 11 is 0. The van der Waals surface area contributed by atoms with Gasteiger partial charge in [-0.25, -0.2) is 14.0 Å². The molecule has 0 radical (unpaired) electrons. The lowest BCUT2D eigenvalue weighted by Crippen LogP contribution is -2.22. The van der Waals surface area contributed by atoms with Crippen LogP contribution in [0, 0.1) is 22.3 Å². The summed E-state index contributed by atoms with van der Waals surface area (Å²) in [4.78, 5) is 4.21. The molecule has 0 aliphatic carbocycles. The molecule has 0 spiro atoms. The zero-order valence-electron chi connectivity index (χ0n) is 14.0. The zero-order valence-corrected chi connectivity index (χ0v) is 14.9. The van der Waals surface area contributed by atoms with Gasteiger partial charge in [-0.15, -0.1) is 0 Å². The molecular formula is C15H21FN6O2S. The molecule has 0 saturated carbocycles. The Kier molecular flexibility index (Phi) is 6.21. The Labute approximate surface area is 145 Å². The number of nitrogens with one attached hydrogen (secondary N) is 3. The highest BCUT2D eigenvalue weighted by molar-refractivity contribution is 7.93. The number of aryl methyl sites for hydroxylation is 2. The third-order valence-electron chi connectivity index (χ3n) is 3.67. The van der Waals surface area contributed by atoms with E-state index in [0.717, 1.165) is 0 Å². The van der Waals surface area contributed by atoms with Gasteiger partial charge in [0.15, 0.2) is 11.5 Å². The standard InChI is InChI=1S/C15H21FN6O2S/c1-3-25(17,18)8-4-5-13-14(22-24-21-13)15(20-23)19-11-6-7-12(16)10(2)9-11/h6-7,9,17-18,23H,3-5,8H2,1-2H3,(H,19,20). The van der Waals surface area contributed by atoms with Crippen LogP contribution in [0.25, 0.3) is 0 Å². The first-order chi connectivity index (χ1) is 11.9. The third kappa shape index (κ3) is 5.07. The number of rotatable bonds is 7. The monoisotopic (exact) mass is 368 g/mol. The van der Waals surface area contributed by atoms with Crippen molar-refractivity contribution < 1.29 is 14.2 Å². The van der Waals surface area contributed by atoms with E-state index in [1.807, 2.05) is 12.4 Å². The van der Waals surface area contributed by atoms with Crippen molar-refractivity contribution in [2.45, 2.75) is 26.7 Å². The third-order valence-corrected chi connectivity index (χ3v) is 5.64. The predicted molar refractivity (Wildman–Crippen MR) is 93.1 cm³/mol. The number of nitrogens with zero attached hydrogens (tertiary/aromatic N) is 3. The Hall–Kier alpha value is -2.33. The van der Waals surface area contributed by atoms with Crippen molar-refractivity contribution in [1.29, 1.82) is 9.56 Å². The van der Waals surface area contributed by atoms with Crippen LogP contribution in [0.15, 0.2) is 27.8 Å². The summed E-state index contributed by atoms with van der Waals surface area (Å²) in [5.74, 6) is 0.680. The van der Waals surface area contributed by atoms with Crippen molar-refractivity contribution >= 4 is 21.1 Å². The van der Waals surface area contributed by atoms with Gasteiger partial charge in [-0.05, 0) is 48.7 Å². The SMILES string of the molecule is CCS(=N)(=N)CCCc1nonc1C(=Nc1ccc(F)c(C)c1)NO. The van der Waals surface area contributed by atoms with Gasteiger partial charge in [0.05, 0.1) is 5.69 Å². The molecule has 0 bridgehead atoms. The molecule has 136 valence electrons. The first-order valence-electron chi connectivity index (χ1n) is 7.71. The molecule has 0 amide bonds. The van der Waals surface area contributed by atoms with Gasteiger partial charge >= 0.3 is 0 Å². The van der Waals surface area contributed by atoms with Gasteiger partial charge in [-0.1, -0.05) is 21.7 Å². The molecule has 4 N–H and O–H groups in total. The second-order valence-corrected chi connectivity index (χ2v) is 8.30. The van der Waals surface area contributed by atoms with Gasteiger partial charge in [0, 0.05) is 11.5 Å². The topological polar surface area (TPSA) is 131 Å². The van der Waals surface area contributed by atoms with Crippen LogP contribution in [0.5, 0.6) is 0 Å². The van der Waals surface area contributed by atoms with E-state index < -0.39 is 9.62 Å². The van der Waals surface area contributed by atoms with E-state index in [4.69, 9.17) is 14.2 Å². The molecule has 0 fully saturated rings. The molecule has 2 rings (SSSR count). The van der Waals surface area contributed by atoms with Crippen LogP contribution in [0.1, 0.15) is 30.3 Å². The molecule has 0 saturated heterocycles. The fourth-order valence-electron chi connectivity index (χ4n) is 2.14. The summed E-state index contributed by atoms with van der Waals surface area (Å²) in [6.07, 6.45) is 1.04. The molecule has 25 heavy (non-hydrogen) atoms. The summed E-state index contributed by atoms with van der Waals surface area (Å²) in [6, 6.07) is 4.31. The maximum absolute atomic E-state index is 13.3. The van der Waals surface area contributed by atoms with Crippen molar-refractivity contribution in [3.63, 3.8) is 0 Å². The predicted octanol–water partition coefficient (Wildman–Crippen LogP) is 3.21. The van der Waals surface area contributed by atoms with E-state index in [-0.39, 0.29) is 17.3 Å². The minimum absolute atomic E-state index is 0.0353. The van der Waals surface area contributed by atoms with Gasteiger partial charge in [0.25, 0.3) is 0 Å². The highest BCUT2D eigenvalue weighted by atomic mass is 32.2. The normalized spacial score (nSPS) is 12.4. The molecule has 1 aromatic heterocycles. The molecule has 0 unspecified atom stereocenters.